The van der Waals surface area contributed by atoms with Crippen molar-refractivity contribution in [1.82, 2.24) is 4.90 Å². The third-order valence-corrected chi connectivity index (χ3v) is 8.12. The molecule has 2 fully saturated rings. The Morgan fingerprint density at radius 3 is 2.58 bits per heavy atom. The first kappa shape index (κ1) is 22.4. The van der Waals surface area contributed by atoms with Crippen molar-refractivity contribution in [3.8, 4) is 11.5 Å². The third-order valence-electron chi connectivity index (χ3n) is 6.80. The summed E-state index contributed by atoms with van der Waals surface area (Å²) < 4.78 is 12.3. The summed E-state index contributed by atoms with van der Waals surface area (Å²) in [6.45, 7) is 4.98. The molecule has 2 aliphatic rings. The first-order chi connectivity index (χ1) is 16.2. The van der Waals surface area contributed by atoms with Crippen molar-refractivity contribution in [1.29, 1.82) is 0 Å². The molecule has 0 radical (unpaired) electrons. The molecule has 6 heteroatoms. The number of rotatable bonds is 7. The van der Waals surface area contributed by atoms with Crippen molar-refractivity contribution in [2.45, 2.75) is 38.0 Å². The van der Waals surface area contributed by atoms with Crippen LogP contribution in [0.5, 0.6) is 11.5 Å². The predicted molar refractivity (Wildman–Crippen MR) is 132 cm³/mol. The van der Waals surface area contributed by atoms with Gasteiger partial charge < -0.3 is 14.6 Å². The van der Waals surface area contributed by atoms with Crippen molar-refractivity contribution in [2.24, 2.45) is 0 Å². The van der Waals surface area contributed by atoms with Gasteiger partial charge in [-0.2, -0.15) is 0 Å². The highest BCUT2D eigenvalue weighted by molar-refractivity contribution is 7.19. The molecule has 1 N–H and O–H groups in total. The van der Waals surface area contributed by atoms with E-state index in [0.717, 1.165) is 67.1 Å². The number of morpholine rings is 1. The number of hydrogen-bond acceptors (Lipinski definition) is 6. The molecule has 0 spiro atoms. The van der Waals surface area contributed by atoms with Gasteiger partial charge in [-0.05, 0) is 61.2 Å². The number of ether oxygens (including phenoxy) is 2. The summed E-state index contributed by atoms with van der Waals surface area (Å²) in [5.41, 5.74) is 1.50. The second-order valence-corrected chi connectivity index (χ2v) is 10.1. The second kappa shape index (κ2) is 10.2. The van der Waals surface area contributed by atoms with E-state index in [2.05, 4.69) is 4.90 Å². The van der Waals surface area contributed by atoms with E-state index in [0.29, 0.717) is 18.1 Å². The van der Waals surface area contributed by atoms with Gasteiger partial charge in [0.1, 0.15) is 18.1 Å². The normalized spacial score (nSPS) is 17.9. The molecular formula is C27H31NO4S. The van der Waals surface area contributed by atoms with Gasteiger partial charge in [-0.25, -0.2) is 0 Å². The average molecular weight is 466 g/mol. The summed E-state index contributed by atoms with van der Waals surface area (Å²) in [5.74, 6) is 1.52. The number of nitrogens with zero attached hydrogens (tertiary/aromatic N) is 1. The number of thiophene rings is 1. The van der Waals surface area contributed by atoms with E-state index in [1.54, 1.807) is 23.5 Å². The van der Waals surface area contributed by atoms with E-state index in [1.165, 1.54) is 24.1 Å². The lowest BCUT2D eigenvalue weighted by atomic mass is 9.85. The van der Waals surface area contributed by atoms with Gasteiger partial charge in [0.15, 0.2) is 5.78 Å². The Balaban J connectivity index is 1.34. The molecule has 1 saturated carbocycles. The van der Waals surface area contributed by atoms with Crippen LogP contribution in [0.1, 0.15) is 58.8 Å². The fraction of sp³-hybridized carbons (Fsp3) is 0.444. The first-order valence-electron chi connectivity index (χ1n) is 12.0. The lowest BCUT2D eigenvalue weighted by Crippen LogP contribution is -2.38. The van der Waals surface area contributed by atoms with Crippen LogP contribution in [0, 0.1) is 0 Å². The summed E-state index contributed by atoms with van der Waals surface area (Å²) in [4.78, 5) is 17.2. The summed E-state index contributed by atoms with van der Waals surface area (Å²) in [6, 6.07) is 12.9. The molecule has 0 bridgehead atoms. The van der Waals surface area contributed by atoms with E-state index >= 15 is 0 Å². The van der Waals surface area contributed by atoms with Crippen molar-refractivity contribution < 1.29 is 19.4 Å². The van der Waals surface area contributed by atoms with Crippen LogP contribution in [0.3, 0.4) is 0 Å². The fourth-order valence-corrected chi connectivity index (χ4v) is 6.36. The van der Waals surface area contributed by atoms with Gasteiger partial charge >= 0.3 is 0 Å². The van der Waals surface area contributed by atoms with Gasteiger partial charge in [-0.15, -0.1) is 11.3 Å². The number of aromatic hydroxyl groups is 1. The van der Waals surface area contributed by atoms with Crippen molar-refractivity contribution in [3.05, 3.63) is 58.5 Å². The summed E-state index contributed by atoms with van der Waals surface area (Å²) >= 11 is 1.68. The smallest absolute Gasteiger partial charge is 0.194 e. The molecule has 0 atom stereocenters. The molecule has 1 saturated heterocycles. The van der Waals surface area contributed by atoms with E-state index in [1.807, 2.05) is 30.3 Å². The van der Waals surface area contributed by atoms with Gasteiger partial charge in [0.2, 0.25) is 0 Å². The zero-order valence-electron chi connectivity index (χ0n) is 18.9. The van der Waals surface area contributed by atoms with Crippen molar-refractivity contribution >= 4 is 27.2 Å². The van der Waals surface area contributed by atoms with Gasteiger partial charge in [0, 0.05) is 45.7 Å². The highest BCUT2D eigenvalue weighted by Gasteiger charge is 2.27. The van der Waals surface area contributed by atoms with E-state index in [4.69, 9.17) is 9.47 Å². The van der Waals surface area contributed by atoms with Crippen LogP contribution in [0.2, 0.25) is 0 Å². The zero-order valence-corrected chi connectivity index (χ0v) is 19.7. The Morgan fingerprint density at radius 2 is 1.82 bits per heavy atom. The second-order valence-electron chi connectivity index (χ2n) is 9.01. The molecule has 174 valence electrons. The SMILES string of the molecule is O=C(c1ccc(OCCN2CCOCC2)cc1)c1c(C2CCCCC2)sc2cc(O)ccc12. The largest absolute Gasteiger partial charge is 0.508 e. The summed E-state index contributed by atoms with van der Waals surface area (Å²) in [5, 5.41) is 10.9. The molecule has 33 heavy (non-hydrogen) atoms. The van der Waals surface area contributed by atoms with Crippen molar-refractivity contribution in [2.75, 3.05) is 39.5 Å². The number of carbonyl (C=O) groups excluding carboxylic acids is 1. The van der Waals surface area contributed by atoms with Crippen LogP contribution in [0.15, 0.2) is 42.5 Å². The summed E-state index contributed by atoms with van der Waals surface area (Å²) in [7, 11) is 0. The Hall–Kier alpha value is -2.41. The van der Waals surface area contributed by atoms with Crippen LogP contribution in [-0.2, 0) is 4.74 Å². The predicted octanol–water partition coefficient (Wildman–Crippen LogP) is 5.60. The molecule has 3 aromatic rings. The maximum atomic E-state index is 13.7. The number of hydrogen-bond donors (Lipinski definition) is 1. The minimum absolute atomic E-state index is 0.0624. The average Bonchev–Trinajstić information content (AvgIpc) is 3.24. The maximum Gasteiger partial charge on any atom is 0.194 e. The number of benzene rings is 2. The maximum absolute atomic E-state index is 13.7. The number of ketones is 1. The fourth-order valence-electron chi connectivity index (χ4n) is 4.95. The Labute approximate surface area is 198 Å². The van der Waals surface area contributed by atoms with Crippen LogP contribution in [0.25, 0.3) is 10.1 Å². The van der Waals surface area contributed by atoms with Gasteiger partial charge in [0.05, 0.1) is 13.2 Å². The Morgan fingerprint density at radius 1 is 1.06 bits per heavy atom. The standard InChI is InChI=1S/C27H31NO4S/c29-21-8-11-23-24(18-21)33-27(20-4-2-1-3-5-20)25(23)26(30)19-6-9-22(10-7-19)32-17-14-28-12-15-31-16-13-28/h6-11,18,20,29H,1-5,12-17H2. The molecule has 1 aliphatic carbocycles. The summed E-state index contributed by atoms with van der Waals surface area (Å²) in [6.07, 6.45) is 5.98. The van der Waals surface area contributed by atoms with Gasteiger partial charge in [0.25, 0.3) is 0 Å². The van der Waals surface area contributed by atoms with E-state index in [-0.39, 0.29) is 11.5 Å². The third kappa shape index (κ3) is 5.08. The zero-order chi connectivity index (χ0) is 22.6. The molecule has 1 aromatic heterocycles. The molecule has 1 aliphatic heterocycles. The Kier molecular flexibility index (Phi) is 6.95. The minimum Gasteiger partial charge on any atom is -0.508 e. The lowest BCUT2D eigenvalue weighted by molar-refractivity contribution is 0.0322. The van der Waals surface area contributed by atoms with Gasteiger partial charge in [-0.3, -0.25) is 9.69 Å². The van der Waals surface area contributed by atoms with E-state index < -0.39 is 0 Å². The molecule has 5 nitrogen and oxygen atoms in total. The molecule has 0 unspecified atom stereocenters. The molecule has 5 rings (SSSR count). The van der Waals surface area contributed by atoms with Gasteiger partial charge in [-0.1, -0.05) is 19.3 Å². The molecule has 2 aromatic carbocycles. The van der Waals surface area contributed by atoms with Crippen LogP contribution < -0.4 is 4.74 Å². The minimum atomic E-state index is 0.0624. The quantitative estimate of drug-likeness (QED) is 0.461. The topological polar surface area (TPSA) is 59.0 Å². The number of phenolic OH excluding ortho intramolecular Hbond substituents is 1. The van der Waals surface area contributed by atoms with Crippen LogP contribution in [-0.4, -0.2) is 55.2 Å². The Bertz CT molecular complexity index is 1100. The monoisotopic (exact) mass is 465 g/mol. The lowest BCUT2D eigenvalue weighted by Gasteiger charge is -2.26. The van der Waals surface area contributed by atoms with E-state index in [9.17, 15) is 9.90 Å². The highest BCUT2D eigenvalue weighted by atomic mass is 32.1. The van der Waals surface area contributed by atoms with Crippen molar-refractivity contribution in [3.63, 3.8) is 0 Å². The molecule has 2 heterocycles. The van der Waals surface area contributed by atoms with Crippen LogP contribution >= 0.6 is 11.3 Å². The molecular weight excluding hydrogens is 434 g/mol. The first-order valence-corrected chi connectivity index (χ1v) is 12.8. The highest BCUT2D eigenvalue weighted by Crippen LogP contribution is 2.44. The molecule has 0 amide bonds. The van der Waals surface area contributed by atoms with Crippen LogP contribution in [0.4, 0.5) is 0 Å². The number of carbonyl (C=O) groups is 1. The number of fused-ring (bicyclic) bond motifs is 1. The number of phenols is 1.